The average Bonchev–Trinajstić information content (AvgIpc) is 2.23. The van der Waals surface area contributed by atoms with Crippen LogP contribution in [0.5, 0.6) is 0 Å². The summed E-state index contributed by atoms with van der Waals surface area (Å²) in [7, 11) is 0. The van der Waals surface area contributed by atoms with Crippen LogP contribution in [0, 0.1) is 5.92 Å². The van der Waals surface area contributed by atoms with Crippen molar-refractivity contribution in [3.63, 3.8) is 0 Å². The van der Waals surface area contributed by atoms with E-state index in [1.54, 1.807) is 6.20 Å². The zero-order chi connectivity index (χ0) is 10.8. The molecule has 0 aromatic carbocycles. The predicted molar refractivity (Wildman–Crippen MR) is 62.7 cm³/mol. The van der Waals surface area contributed by atoms with Crippen molar-refractivity contribution in [1.82, 2.24) is 9.97 Å². The molecule has 1 aliphatic heterocycles. The number of piperidine rings is 1. The quantitative estimate of drug-likeness (QED) is 0.713. The number of rotatable bonds is 1. The van der Waals surface area contributed by atoms with Crippen molar-refractivity contribution in [3.05, 3.63) is 16.5 Å². The van der Waals surface area contributed by atoms with Crippen molar-refractivity contribution in [2.75, 3.05) is 18.0 Å². The molecule has 1 aromatic rings. The smallest absolute Gasteiger partial charge is 0.224 e. The van der Waals surface area contributed by atoms with Gasteiger partial charge in [-0.05, 0) is 30.4 Å². The molecule has 0 N–H and O–H groups in total. The zero-order valence-corrected chi connectivity index (χ0v) is 10.1. The lowest BCUT2D eigenvalue weighted by molar-refractivity contribution is 0.436. The normalized spacial score (nSPS) is 18.2. The molecule has 0 radical (unpaired) electrons. The highest BCUT2D eigenvalue weighted by atomic mass is 35.5. The molecule has 0 saturated carbocycles. The average molecular weight is 246 g/mol. The molecule has 0 bridgehead atoms. The van der Waals surface area contributed by atoms with Crippen molar-refractivity contribution >= 4 is 29.0 Å². The van der Waals surface area contributed by atoms with Gasteiger partial charge in [-0.25, -0.2) is 4.98 Å². The first-order chi connectivity index (χ1) is 7.16. The number of anilines is 1. The largest absolute Gasteiger partial charge is 0.355 e. The summed E-state index contributed by atoms with van der Waals surface area (Å²) in [6, 6.07) is 0. The van der Waals surface area contributed by atoms with E-state index in [1.165, 1.54) is 12.8 Å². The van der Waals surface area contributed by atoms with Crippen molar-refractivity contribution in [2.24, 2.45) is 5.92 Å². The van der Waals surface area contributed by atoms with Crippen LogP contribution in [0.1, 0.15) is 19.8 Å². The van der Waals surface area contributed by atoms with Crippen molar-refractivity contribution in [2.45, 2.75) is 19.8 Å². The van der Waals surface area contributed by atoms with E-state index in [-0.39, 0.29) is 5.28 Å². The Morgan fingerprint density at radius 1 is 1.33 bits per heavy atom. The summed E-state index contributed by atoms with van der Waals surface area (Å²) < 4.78 is 0. The van der Waals surface area contributed by atoms with Gasteiger partial charge in [0.25, 0.3) is 0 Å². The molecular formula is C10H13Cl2N3. The van der Waals surface area contributed by atoms with Gasteiger partial charge in [-0.2, -0.15) is 4.98 Å². The summed E-state index contributed by atoms with van der Waals surface area (Å²) >= 11 is 11.8. The summed E-state index contributed by atoms with van der Waals surface area (Å²) in [5.41, 5.74) is 0. The van der Waals surface area contributed by atoms with Crippen LogP contribution in [0.15, 0.2) is 6.20 Å². The van der Waals surface area contributed by atoms with Crippen LogP contribution in [0.2, 0.25) is 10.3 Å². The maximum Gasteiger partial charge on any atom is 0.224 e. The first-order valence-electron chi connectivity index (χ1n) is 5.10. The van der Waals surface area contributed by atoms with Crippen LogP contribution in [-0.4, -0.2) is 23.1 Å². The summed E-state index contributed by atoms with van der Waals surface area (Å²) in [5.74, 6) is 1.56. The van der Waals surface area contributed by atoms with E-state index in [0.29, 0.717) is 5.02 Å². The van der Waals surface area contributed by atoms with Gasteiger partial charge in [-0.15, -0.1) is 0 Å². The minimum absolute atomic E-state index is 0.257. The highest BCUT2D eigenvalue weighted by Crippen LogP contribution is 2.27. The Labute approximate surface area is 99.4 Å². The van der Waals surface area contributed by atoms with Gasteiger partial charge in [0, 0.05) is 13.1 Å². The molecule has 2 heterocycles. The second-order valence-corrected chi connectivity index (χ2v) is 4.73. The molecule has 0 amide bonds. The highest BCUT2D eigenvalue weighted by molar-refractivity contribution is 6.33. The number of halogens is 2. The molecule has 0 spiro atoms. The SMILES string of the molecule is CC1CCN(c2nc(Cl)ncc2Cl)CC1. The lowest BCUT2D eigenvalue weighted by Gasteiger charge is -2.31. The monoisotopic (exact) mass is 245 g/mol. The van der Waals surface area contributed by atoms with Gasteiger partial charge in [0.1, 0.15) is 5.02 Å². The van der Waals surface area contributed by atoms with Gasteiger partial charge >= 0.3 is 0 Å². The standard InChI is InChI=1S/C10H13Cl2N3/c1-7-2-4-15(5-3-7)9-8(11)6-13-10(12)14-9/h6-7H,2-5H2,1H3. The molecule has 5 heteroatoms. The third-order valence-corrected chi connectivity index (χ3v) is 3.23. The van der Waals surface area contributed by atoms with Gasteiger partial charge < -0.3 is 4.90 Å². The Balaban J connectivity index is 2.18. The van der Waals surface area contributed by atoms with Crippen LogP contribution in [0.3, 0.4) is 0 Å². The Hall–Kier alpha value is -0.540. The van der Waals surface area contributed by atoms with E-state index >= 15 is 0 Å². The first kappa shape index (κ1) is 11.0. The topological polar surface area (TPSA) is 29.0 Å². The number of hydrogen-bond acceptors (Lipinski definition) is 3. The summed E-state index contributed by atoms with van der Waals surface area (Å²) in [5, 5.41) is 0.835. The Morgan fingerprint density at radius 2 is 2.00 bits per heavy atom. The predicted octanol–water partition coefficient (Wildman–Crippen LogP) is 3.02. The van der Waals surface area contributed by atoms with E-state index in [2.05, 4.69) is 21.8 Å². The Bertz CT molecular complexity index is 349. The minimum Gasteiger partial charge on any atom is -0.355 e. The van der Waals surface area contributed by atoms with Crippen LogP contribution >= 0.6 is 23.2 Å². The highest BCUT2D eigenvalue weighted by Gasteiger charge is 2.19. The van der Waals surface area contributed by atoms with E-state index in [0.717, 1.165) is 24.8 Å². The third-order valence-electron chi connectivity index (χ3n) is 2.78. The summed E-state index contributed by atoms with van der Waals surface area (Å²) in [6.07, 6.45) is 3.92. The molecule has 1 aliphatic rings. The number of aromatic nitrogens is 2. The molecule has 0 unspecified atom stereocenters. The fourth-order valence-corrected chi connectivity index (χ4v) is 2.12. The fraction of sp³-hybridized carbons (Fsp3) is 0.600. The lowest BCUT2D eigenvalue weighted by atomic mass is 9.99. The Morgan fingerprint density at radius 3 is 2.67 bits per heavy atom. The van der Waals surface area contributed by atoms with Crippen molar-refractivity contribution in [3.8, 4) is 0 Å². The van der Waals surface area contributed by atoms with Crippen LogP contribution < -0.4 is 4.90 Å². The molecular weight excluding hydrogens is 233 g/mol. The van der Waals surface area contributed by atoms with Gasteiger partial charge in [0.15, 0.2) is 5.82 Å². The molecule has 0 aliphatic carbocycles. The van der Waals surface area contributed by atoms with Gasteiger partial charge in [-0.1, -0.05) is 18.5 Å². The molecule has 1 aromatic heterocycles. The number of hydrogen-bond donors (Lipinski definition) is 0. The zero-order valence-electron chi connectivity index (χ0n) is 8.58. The van der Waals surface area contributed by atoms with Crippen LogP contribution in [-0.2, 0) is 0 Å². The van der Waals surface area contributed by atoms with Gasteiger partial charge in [-0.3, -0.25) is 0 Å². The van der Waals surface area contributed by atoms with E-state index in [9.17, 15) is 0 Å². The number of nitrogens with zero attached hydrogens (tertiary/aromatic N) is 3. The van der Waals surface area contributed by atoms with E-state index in [1.807, 2.05) is 0 Å². The van der Waals surface area contributed by atoms with Crippen LogP contribution in [0.4, 0.5) is 5.82 Å². The molecule has 1 saturated heterocycles. The molecule has 3 nitrogen and oxygen atoms in total. The molecule has 2 rings (SSSR count). The second-order valence-electron chi connectivity index (χ2n) is 3.98. The molecule has 0 atom stereocenters. The van der Waals surface area contributed by atoms with Gasteiger partial charge in [0.2, 0.25) is 5.28 Å². The summed E-state index contributed by atoms with van der Waals surface area (Å²) in [6.45, 7) is 4.26. The minimum atomic E-state index is 0.257. The van der Waals surface area contributed by atoms with Crippen molar-refractivity contribution in [1.29, 1.82) is 0 Å². The van der Waals surface area contributed by atoms with E-state index in [4.69, 9.17) is 23.2 Å². The fourth-order valence-electron chi connectivity index (χ4n) is 1.78. The van der Waals surface area contributed by atoms with E-state index < -0.39 is 0 Å². The van der Waals surface area contributed by atoms with Crippen molar-refractivity contribution < 1.29 is 0 Å². The lowest BCUT2D eigenvalue weighted by Crippen LogP contribution is -2.33. The third kappa shape index (κ3) is 2.52. The summed E-state index contributed by atoms with van der Waals surface area (Å²) in [4.78, 5) is 10.2. The van der Waals surface area contributed by atoms with Gasteiger partial charge in [0.05, 0.1) is 6.20 Å². The molecule has 82 valence electrons. The molecule has 1 fully saturated rings. The van der Waals surface area contributed by atoms with Crippen LogP contribution in [0.25, 0.3) is 0 Å². The maximum atomic E-state index is 6.04. The first-order valence-corrected chi connectivity index (χ1v) is 5.85. The second kappa shape index (κ2) is 4.54. The maximum absolute atomic E-state index is 6.04. The molecule has 15 heavy (non-hydrogen) atoms. The Kier molecular flexibility index (Phi) is 3.32.